The zero-order valence-corrected chi connectivity index (χ0v) is 10.4. The summed E-state index contributed by atoms with van der Waals surface area (Å²) in [5.74, 6) is 0. The standard InChI is InChI=1S/C13H22N2O/c1-4-16-10-13(3,9-14)15-12-7-5-11(2)6-8-12/h5-8,15H,4,9-10,14H2,1-3H3. The van der Waals surface area contributed by atoms with E-state index in [2.05, 4.69) is 43.4 Å². The summed E-state index contributed by atoms with van der Waals surface area (Å²) >= 11 is 0. The third-order valence-electron chi connectivity index (χ3n) is 2.57. The summed E-state index contributed by atoms with van der Waals surface area (Å²) in [6.45, 7) is 8.01. The van der Waals surface area contributed by atoms with E-state index in [0.29, 0.717) is 19.8 Å². The molecule has 0 aliphatic carbocycles. The van der Waals surface area contributed by atoms with Gasteiger partial charge in [0.05, 0.1) is 12.1 Å². The van der Waals surface area contributed by atoms with Crippen LogP contribution in [0.2, 0.25) is 0 Å². The monoisotopic (exact) mass is 222 g/mol. The molecule has 0 bridgehead atoms. The van der Waals surface area contributed by atoms with Crippen LogP contribution in [0.4, 0.5) is 5.69 Å². The lowest BCUT2D eigenvalue weighted by Crippen LogP contribution is -2.46. The molecule has 0 radical (unpaired) electrons. The highest BCUT2D eigenvalue weighted by molar-refractivity contribution is 5.46. The Morgan fingerprint density at radius 3 is 2.44 bits per heavy atom. The van der Waals surface area contributed by atoms with Crippen molar-refractivity contribution in [1.29, 1.82) is 0 Å². The Morgan fingerprint density at radius 1 is 1.31 bits per heavy atom. The third kappa shape index (κ3) is 3.83. The van der Waals surface area contributed by atoms with Crippen LogP contribution in [0, 0.1) is 6.92 Å². The van der Waals surface area contributed by atoms with Gasteiger partial charge in [-0.05, 0) is 32.9 Å². The van der Waals surface area contributed by atoms with E-state index in [-0.39, 0.29) is 5.54 Å². The van der Waals surface area contributed by atoms with E-state index in [9.17, 15) is 0 Å². The van der Waals surface area contributed by atoms with Gasteiger partial charge in [0.2, 0.25) is 0 Å². The van der Waals surface area contributed by atoms with E-state index >= 15 is 0 Å². The minimum Gasteiger partial charge on any atom is -0.379 e. The Labute approximate surface area is 98.0 Å². The topological polar surface area (TPSA) is 47.3 Å². The van der Waals surface area contributed by atoms with Crippen molar-refractivity contribution in [2.75, 3.05) is 25.1 Å². The highest BCUT2D eigenvalue weighted by Crippen LogP contribution is 2.15. The fourth-order valence-electron chi connectivity index (χ4n) is 1.46. The highest BCUT2D eigenvalue weighted by atomic mass is 16.5. The largest absolute Gasteiger partial charge is 0.379 e. The maximum Gasteiger partial charge on any atom is 0.0706 e. The lowest BCUT2D eigenvalue weighted by atomic mass is 10.0. The quantitative estimate of drug-likeness (QED) is 0.775. The van der Waals surface area contributed by atoms with Gasteiger partial charge in [-0.1, -0.05) is 17.7 Å². The lowest BCUT2D eigenvalue weighted by molar-refractivity contribution is 0.112. The smallest absolute Gasteiger partial charge is 0.0706 e. The minimum absolute atomic E-state index is 0.203. The molecule has 0 heterocycles. The average Bonchev–Trinajstić information content (AvgIpc) is 2.30. The molecule has 3 nitrogen and oxygen atoms in total. The van der Waals surface area contributed by atoms with Crippen LogP contribution < -0.4 is 11.1 Å². The Bertz CT molecular complexity index is 310. The van der Waals surface area contributed by atoms with Crippen molar-refractivity contribution in [2.45, 2.75) is 26.3 Å². The number of hydrogen-bond donors (Lipinski definition) is 2. The van der Waals surface area contributed by atoms with E-state index in [0.717, 1.165) is 5.69 Å². The van der Waals surface area contributed by atoms with E-state index in [1.54, 1.807) is 0 Å². The van der Waals surface area contributed by atoms with Crippen LogP contribution in [0.5, 0.6) is 0 Å². The second-order valence-electron chi connectivity index (χ2n) is 4.39. The van der Waals surface area contributed by atoms with Gasteiger partial charge in [0.15, 0.2) is 0 Å². The molecule has 0 saturated heterocycles. The molecular weight excluding hydrogens is 200 g/mol. The summed E-state index contributed by atoms with van der Waals surface area (Å²) in [4.78, 5) is 0. The van der Waals surface area contributed by atoms with Crippen LogP contribution in [0.15, 0.2) is 24.3 Å². The number of ether oxygens (including phenoxy) is 1. The number of nitrogens with one attached hydrogen (secondary N) is 1. The molecule has 0 fully saturated rings. The van der Waals surface area contributed by atoms with Crippen LogP contribution in [0.1, 0.15) is 19.4 Å². The van der Waals surface area contributed by atoms with Gasteiger partial charge in [0.1, 0.15) is 0 Å². The summed E-state index contributed by atoms with van der Waals surface area (Å²) in [7, 11) is 0. The first-order valence-electron chi connectivity index (χ1n) is 5.72. The second kappa shape index (κ2) is 5.87. The van der Waals surface area contributed by atoms with E-state index in [4.69, 9.17) is 10.5 Å². The highest BCUT2D eigenvalue weighted by Gasteiger charge is 2.22. The molecule has 0 spiro atoms. The Kier molecular flexibility index (Phi) is 4.77. The lowest BCUT2D eigenvalue weighted by Gasteiger charge is -2.30. The fraction of sp³-hybridized carbons (Fsp3) is 0.538. The molecule has 1 rings (SSSR count). The Balaban J connectivity index is 2.64. The minimum atomic E-state index is -0.203. The molecule has 1 unspecified atom stereocenters. The van der Waals surface area contributed by atoms with Crippen molar-refractivity contribution >= 4 is 5.69 Å². The third-order valence-corrected chi connectivity index (χ3v) is 2.57. The van der Waals surface area contributed by atoms with Gasteiger partial charge < -0.3 is 15.8 Å². The first kappa shape index (κ1) is 13.0. The van der Waals surface area contributed by atoms with E-state index in [1.165, 1.54) is 5.56 Å². The Morgan fingerprint density at radius 2 is 1.94 bits per heavy atom. The zero-order chi connectivity index (χ0) is 12.0. The van der Waals surface area contributed by atoms with Gasteiger partial charge in [0.25, 0.3) is 0 Å². The molecule has 90 valence electrons. The van der Waals surface area contributed by atoms with Gasteiger partial charge in [-0.15, -0.1) is 0 Å². The Hall–Kier alpha value is -1.06. The number of nitrogens with two attached hydrogens (primary N) is 1. The molecule has 0 amide bonds. The number of anilines is 1. The SMILES string of the molecule is CCOCC(C)(CN)Nc1ccc(C)cc1. The maximum absolute atomic E-state index is 5.78. The molecule has 16 heavy (non-hydrogen) atoms. The van der Waals surface area contributed by atoms with Crippen molar-refractivity contribution in [2.24, 2.45) is 5.73 Å². The molecule has 0 aliphatic rings. The van der Waals surface area contributed by atoms with E-state index < -0.39 is 0 Å². The normalized spacial score (nSPS) is 14.5. The van der Waals surface area contributed by atoms with Crippen molar-refractivity contribution in [3.05, 3.63) is 29.8 Å². The predicted molar refractivity (Wildman–Crippen MR) is 68.8 cm³/mol. The van der Waals surface area contributed by atoms with Gasteiger partial charge in [-0.2, -0.15) is 0 Å². The molecule has 3 heteroatoms. The molecule has 0 aliphatic heterocycles. The summed E-state index contributed by atoms with van der Waals surface area (Å²) in [5, 5.41) is 3.42. The number of benzene rings is 1. The summed E-state index contributed by atoms with van der Waals surface area (Å²) in [6.07, 6.45) is 0. The summed E-state index contributed by atoms with van der Waals surface area (Å²) in [5.41, 5.74) is 7.92. The second-order valence-corrected chi connectivity index (χ2v) is 4.39. The average molecular weight is 222 g/mol. The molecule has 0 aromatic heterocycles. The zero-order valence-electron chi connectivity index (χ0n) is 10.4. The first-order valence-corrected chi connectivity index (χ1v) is 5.72. The predicted octanol–water partition coefficient (Wildman–Crippen LogP) is 2.16. The summed E-state index contributed by atoms with van der Waals surface area (Å²) in [6, 6.07) is 8.30. The van der Waals surface area contributed by atoms with Crippen LogP contribution in [0.25, 0.3) is 0 Å². The van der Waals surface area contributed by atoms with Crippen LogP contribution in [-0.2, 0) is 4.74 Å². The van der Waals surface area contributed by atoms with Crippen LogP contribution in [-0.4, -0.2) is 25.3 Å². The van der Waals surface area contributed by atoms with Crippen LogP contribution >= 0.6 is 0 Å². The molecule has 1 aromatic carbocycles. The van der Waals surface area contributed by atoms with Gasteiger partial charge in [-0.25, -0.2) is 0 Å². The molecule has 0 saturated carbocycles. The summed E-state index contributed by atoms with van der Waals surface area (Å²) < 4.78 is 5.44. The first-order chi connectivity index (χ1) is 7.59. The van der Waals surface area contributed by atoms with Crippen molar-refractivity contribution < 1.29 is 4.74 Å². The maximum atomic E-state index is 5.78. The molecule has 3 N–H and O–H groups in total. The molecule has 1 aromatic rings. The van der Waals surface area contributed by atoms with Crippen molar-refractivity contribution in [3.8, 4) is 0 Å². The van der Waals surface area contributed by atoms with Crippen molar-refractivity contribution in [3.63, 3.8) is 0 Å². The van der Waals surface area contributed by atoms with Gasteiger partial charge in [-0.3, -0.25) is 0 Å². The molecule has 1 atom stereocenters. The number of aryl methyl sites for hydroxylation is 1. The fourth-order valence-corrected chi connectivity index (χ4v) is 1.46. The van der Waals surface area contributed by atoms with Crippen LogP contribution in [0.3, 0.4) is 0 Å². The van der Waals surface area contributed by atoms with E-state index in [1.807, 2.05) is 6.92 Å². The number of rotatable bonds is 6. The van der Waals surface area contributed by atoms with Gasteiger partial charge in [0, 0.05) is 18.8 Å². The molecular formula is C13H22N2O. The van der Waals surface area contributed by atoms with Gasteiger partial charge >= 0.3 is 0 Å². The number of hydrogen-bond acceptors (Lipinski definition) is 3. The van der Waals surface area contributed by atoms with Crippen molar-refractivity contribution in [1.82, 2.24) is 0 Å².